The van der Waals surface area contributed by atoms with Crippen molar-refractivity contribution in [1.29, 1.82) is 0 Å². The van der Waals surface area contributed by atoms with Gasteiger partial charge in [0.25, 0.3) is 0 Å². The summed E-state index contributed by atoms with van der Waals surface area (Å²) in [5.41, 5.74) is 6.35. The lowest BCUT2D eigenvalue weighted by Crippen LogP contribution is -2.13. The molecule has 0 bridgehead atoms. The number of phenolic OH excluding ortho intramolecular Hbond substituents is 1. The molecule has 0 amide bonds. The largest absolute Gasteiger partial charge is 0.504 e. The van der Waals surface area contributed by atoms with Crippen molar-refractivity contribution in [2.24, 2.45) is 11.7 Å². The van der Waals surface area contributed by atoms with Gasteiger partial charge in [-0.05, 0) is 24.8 Å². The van der Waals surface area contributed by atoms with E-state index in [0.717, 1.165) is 18.9 Å². The average Bonchev–Trinajstić information content (AvgIpc) is 3.03. The third kappa shape index (κ3) is 1.90. The molecule has 0 aromatic heterocycles. The van der Waals surface area contributed by atoms with E-state index < -0.39 is 5.82 Å². The average molecular weight is 211 g/mol. The molecule has 1 aromatic rings. The molecule has 1 atom stereocenters. The van der Waals surface area contributed by atoms with Gasteiger partial charge in [0.2, 0.25) is 0 Å². The van der Waals surface area contributed by atoms with E-state index in [1.165, 1.54) is 13.2 Å². The molecule has 3 nitrogen and oxygen atoms in total. The number of nitrogens with two attached hydrogens (primary N) is 1. The Kier molecular flexibility index (Phi) is 2.52. The molecule has 0 aliphatic heterocycles. The van der Waals surface area contributed by atoms with Gasteiger partial charge >= 0.3 is 0 Å². The lowest BCUT2D eigenvalue weighted by Gasteiger charge is -2.14. The first-order chi connectivity index (χ1) is 7.13. The fourth-order valence-corrected chi connectivity index (χ4v) is 1.71. The van der Waals surface area contributed by atoms with Gasteiger partial charge < -0.3 is 15.6 Å². The molecule has 1 saturated carbocycles. The number of halogens is 1. The van der Waals surface area contributed by atoms with Crippen LogP contribution in [0, 0.1) is 11.7 Å². The molecule has 1 aliphatic carbocycles. The molecule has 1 aromatic carbocycles. The molecule has 0 heterocycles. The van der Waals surface area contributed by atoms with Gasteiger partial charge in [-0.25, -0.2) is 4.39 Å². The first kappa shape index (κ1) is 10.2. The summed E-state index contributed by atoms with van der Waals surface area (Å²) in [6.07, 6.45) is 2.08. The van der Waals surface area contributed by atoms with Gasteiger partial charge in [0.1, 0.15) is 5.82 Å². The molecule has 0 unspecified atom stereocenters. The summed E-state index contributed by atoms with van der Waals surface area (Å²) in [6, 6.07) is 2.13. The number of aromatic hydroxyl groups is 1. The maximum absolute atomic E-state index is 13.2. The highest BCUT2D eigenvalue weighted by molar-refractivity contribution is 5.47. The van der Waals surface area contributed by atoms with Crippen molar-refractivity contribution in [2.45, 2.75) is 18.9 Å². The predicted octanol–water partition coefficient (Wildman–Crippen LogP) is 1.95. The van der Waals surface area contributed by atoms with Gasteiger partial charge in [0, 0.05) is 17.7 Å². The van der Waals surface area contributed by atoms with Crippen LogP contribution < -0.4 is 10.5 Å². The van der Waals surface area contributed by atoms with Crippen molar-refractivity contribution in [3.8, 4) is 11.5 Å². The fraction of sp³-hybridized carbons (Fsp3) is 0.455. The summed E-state index contributed by atoms with van der Waals surface area (Å²) in [5.74, 6) is 0.0255. The third-order valence-corrected chi connectivity index (χ3v) is 2.78. The minimum absolute atomic E-state index is 0.0432. The van der Waals surface area contributed by atoms with E-state index in [-0.39, 0.29) is 17.5 Å². The third-order valence-electron chi connectivity index (χ3n) is 2.78. The summed E-state index contributed by atoms with van der Waals surface area (Å²) < 4.78 is 18.1. The number of benzene rings is 1. The van der Waals surface area contributed by atoms with Gasteiger partial charge in [0.15, 0.2) is 11.5 Å². The highest BCUT2D eigenvalue weighted by Gasteiger charge is 2.32. The normalized spacial score (nSPS) is 17.5. The highest BCUT2D eigenvalue weighted by atomic mass is 19.1. The van der Waals surface area contributed by atoms with Gasteiger partial charge in [-0.1, -0.05) is 0 Å². The van der Waals surface area contributed by atoms with Crippen molar-refractivity contribution in [3.05, 3.63) is 23.5 Å². The van der Waals surface area contributed by atoms with E-state index in [2.05, 4.69) is 0 Å². The zero-order chi connectivity index (χ0) is 11.0. The van der Waals surface area contributed by atoms with Gasteiger partial charge in [-0.3, -0.25) is 0 Å². The summed E-state index contributed by atoms with van der Waals surface area (Å²) in [7, 11) is 1.39. The Bertz CT molecular complexity index is 377. The van der Waals surface area contributed by atoms with Crippen LogP contribution >= 0.6 is 0 Å². The van der Waals surface area contributed by atoms with Crippen LogP contribution in [0.5, 0.6) is 11.5 Å². The Morgan fingerprint density at radius 3 is 2.73 bits per heavy atom. The van der Waals surface area contributed by atoms with Crippen LogP contribution in [0.1, 0.15) is 24.4 Å². The molecule has 1 aliphatic rings. The lowest BCUT2D eigenvalue weighted by atomic mass is 10.0. The first-order valence-corrected chi connectivity index (χ1v) is 4.95. The van der Waals surface area contributed by atoms with E-state index in [1.54, 1.807) is 0 Å². The van der Waals surface area contributed by atoms with E-state index in [0.29, 0.717) is 11.5 Å². The zero-order valence-electron chi connectivity index (χ0n) is 8.53. The highest BCUT2D eigenvalue weighted by Crippen LogP contribution is 2.44. The van der Waals surface area contributed by atoms with Crippen molar-refractivity contribution >= 4 is 0 Å². The van der Waals surface area contributed by atoms with Crippen LogP contribution in [0.4, 0.5) is 4.39 Å². The standard InChI is InChI=1S/C11H14FNO2/c1-15-9-5-7(12)4-8(11(9)14)10(13)6-2-3-6/h4-6,10,14H,2-3,13H2,1H3/t10-/m0/s1. The van der Waals surface area contributed by atoms with Gasteiger partial charge in [-0.2, -0.15) is 0 Å². The Morgan fingerprint density at radius 2 is 2.20 bits per heavy atom. The van der Waals surface area contributed by atoms with E-state index in [4.69, 9.17) is 10.5 Å². The monoisotopic (exact) mass is 211 g/mol. The number of hydrogen-bond donors (Lipinski definition) is 2. The molecule has 15 heavy (non-hydrogen) atoms. The minimum atomic E-state index is -0.434. The molecule has 82 valence electrons. The van der Waals surface area contributed by atoms with Crippen molar-refractivity contribution < 1.29 is 14.2 Å². The summed E-state index contributed by atoms with van der Waals surface area (Å²) in [5, 5.41) is 9.79. The molecule has 1 fully saturated rings. The minimum Gasteiger partial charge on any atom is -0.504 e. The first-order valence-electron chi connectivity index (χ1n) is 4.95. The molecule has 0 radical (unpaired) electrons. The van der Waals surface area contributed by atoms with Crippen molar-refractivity contribution in [3.63, 3.8) is 0 Å². The molecule has 3 N–H and O–H groups in total. The molecular formula is C11H14FNO2. The molecule has 0 spiro atoms. The maximum atomic E-state index is 13.2. The molecule has 0 saturated heterocycles. The second-order valence-electron chi connectivity index (χ2n) is 3.91. The predicted molar refractivity (Wildman–Crippen MR) is 54.3 cm³/mol. The Balaban J connectivity index is 2.40. The van der Waals surface area contributed by atoms with Gasteiger partial charge in [-0.15, -0.1) is 0 Å². The Labute approximate surface area is 87.7 Å². The van der Waals surface area contributed by atoms with Gasteiger partial charge in [0.05, 0.1) is 7.11 Å². The maximum Gasteiger partial charge on any atom is 0.163 e. The number of rotatable bonds is 3. The number of ether oxygens (including phenoxy) is 1. The van der Waals surface area contributed by atoms with E-state index in [1.807, 2.05) is 0 Å². The van der Waals surface area contributed by atoms with E-state index in [9.17, 15) is 9.50 Å². The van der Waals surface area contributed by atoms with Crippen LogP contribution in [0.15, 0.2) is 12.1 Å². The number of hydrogen-bond acceptors (Lipinski definition) is 3. The summed E-state index contributed by atoms with van der Waals surface area (Å²) in [4.78, 5) is 0. The summed E-state index contributed by atoms with van der Waals surface area (Å²) >= 11 is 0. The van der Waals surface area contributed by atoms with Crippen LogP contribution in [-0.4, -0.2) is 12.2 Å². The van der Waals surface area contributed by atoms with Crippen LogP contribution in [0.3, 0.4) is 0 Å². The SMILES string of the molecule is COc1cc(F)cc([C@@H](N)C2CC2)c1O. The van der Waals surface area contributed by atoms with E-state index >= 15 is 0 Å². The molecule has 4 heteroatoms. The number of methoxy groups -OCH3 is 1. The topological polar surface area (TPSA) is 55.5 Å². The zero-order valence-corrected chi connectivity index (χ0v) is 8.53. The van der Waals surface area contributed by atoms with Crippen LogP contribution in [0.25, 0.3) is 0 Å². The Hall–Kier alpha value is -1.29. The second-order valence-corrected chi connectivity index (χ2v) is 3.91. The fourth-order valence-electron chi connectivity index (χ4n) is 1.71. The van der Waals surface area contributed by atoms with Crippen molar-refractivity contribution in [1.82, 2.24) is 0 Å². The molecular weight excluding hydrogens is 197 g/mol. The molecule has 2 rings (SSSR count). The lowest BCUT2D eigenvalue weighted by molar-refractivity contribution is 0.363. The quantitative estimate of drug-likeness (QED) is 0.803. The van der Waals surface area contributed by atoms with Crippen molar-refractivity contribution in [2.75, 3.05) is 7.11 Å². The number of phenols is 1. The second kappa shape index (κ2) is 3.70. The summed E-state index contributed by atoms with van der Waals surface area (Å²) in [6.45, 7) is 0. The smallest absolute Gasteiger partial charge is 0.163 e. The Morgan fingerprint density at radius 1 is 1.53 bits per heavy atom. The van der Waals surface area contributed by atoms with Crippen LogP contribution in [0.2, 0.25) is 0 Å². The van der Waals surface area contributed by atoms with Crippen LogP contribution in [-0.2, 0) is 0 Å².